The first-order chi connectivity index (χ1) is 26.1. The average Bonchev–Trinajstić information content (AvgIpc) is 3.69. The predicted molar refractivity (Wildman–Crippen MR) is 208 cm³/mol. The number of allylic oxidation sites excluding steroid dienone is 1. The molecule has 0 bridgehead atoms. The molecule has 2 saturated heterocycles. The minimum atomic E-state index is -1.02. The zero-order valence-corrected chi connectivity index (χ0v) is 32.4. The van der Waals surface area contributed by atoms with Crippen LogP contribution >= 0.6 is 0 Å². The summed E-state index contributed by atoms with van der Waals surface area (Å²) in [5.74, 6) is 7.55. The van der Waals surface area contributed by atoms with Crippen molar-refractivity contribution in [2.75, 3.05) is 20.2 Å². The first-order valence-electron chi connectivity index (χ1n) is 21.2. The molecule has 3 aliphatic heterocycles. The van der Waals surface area contributed by atoms with Crippen LogP contribution in [0.15, 0.2) is 16.6 Å². The highest BCUT2D eigenvalue weighted by Gasteiger charge is 2.42. The van der Waals surface area contributed by atoms with E-state index in [1.165, 1.54) is 5.57 Å². The summed E-state index contributed by atoms with van der Waals surface area (Å²) in [5, 5.41) is 52.2. The molecule has 0 amide bonds. The van der Waals surface area contributed by atoms with Crippen molar-refractivity contribution in [1.82, 2.24) is 10.6 Å². The lowest BCUT2D eigenvalue weighted by Gasteiger charge is -2.41. The Morgan fingerprint density at radius 1 is 0.963 bits per heavy atom. The fourth-order valence-electron chi connectivity index (χ4n) is 10.7. The van der Waals surface area contributed by atoms with E-state index in [9.17, 15) is 30.0 Å². The van der Waals surface area contributed by atoms with Crippen molar-refractivity contribution in [3.63, 3.8) is 0 Å². The highest BCUT2D eigenvalue weighted by Crippen LogP contribution is 2.42. The summed E-state index contributed by atoms with van der Waals surface area (Å²) in [6, 6.07) is 0.337. The summed E-state index contributed by atoms with van der Waals surface area (Å²) in [4.78, 5) is 29.7. The molecule has 6 rings (SSSR count). The maximum atomic E-state index is 13.6. The van der Waals surface area contributed by atoms with E-state index in [-0.39, 0.29) is 42.2 Å². The number of methoxy groups -OCH3 is 1. The van der Waals surface area contributed by atoms with Gasteiger partial charge in [-0.3, -0.25) is 9.59 Å². The Kier molecular flexibility index (Phi) is 15.2. The molecule has 4 fully saturated rings. The largest absolute Gasteiger partial charge is 0.391 e. The van der Waals surface area contributed by atoms with Crippen LogP contribution in [0.4, 0.5) is 0 Å². The number of carbonyl (C=O) groups excluding carboxylic acids is 2. The molecule has 0 aromatic carbocycles. The van der Waals surface area contributed by atoms with Gasteiger partial charge >= 0.3 is 0 Å². The Morgan fingerprint density at radius 2 is 1.80 bits per heavy atom. The summed E-state index contributed by atoms with van der Waals surface area (Å²) in [6.45, 7) is 3.55. The molecule has 3 aliphatic carbocycles. The number of fused-ring (bicyclic) bond motifs is 2. The number of aliphatic hydroxyl groups excluding tert-OH is 4. The number of nitrogens with one attached hydrogen (secondary N) is 2. The van der Waals surface area contributed by atoms with Crippen molar-refractivity contribution in [1.29, 1.82) is 0 Å². The number of hydrogen-bond donors (Lipinski definition) is 7. The van der Waals surface area contributed by atoms with Gasteiger partial charge < -0.3 is 41.5 Å². The van der Waals surface area contributed by atoms with Crippen molar-refractivity contribution in [2.24, 2.45) is 58.1 Å². The van der Waals surface area contributed by atoms with Gasteiger partial charge in [0, 0.05) is 51.3 Å². The van der Waals surface area contributed by atoms with Crippen molar-refractivity contribution < 1.29 is 34.8 Å². The highest BCUT2D eigenvalue weighted by molar-refractivity contribution is 5.84. The molecule has 300 valence electrons. The van der Waals surface area contributed by atoms with Crippen LogP contribution in [-0.2, 0) is 14.3 Å². The smallest absolute Gasteiger partial charge is 0.176 e. The number of ketones is 2. The first kappa shape index (κ1) is 41.5. The van der Waals surface area contributed by atoms with Crippen LogP contribution in [-0.4, -0.2) is 101 Å². The van der Waals surface area contributed by atoms with Gasteiger partial charge in [-0.25, -0.2) is 0 Å². The SMILES string of the molecule is COC1CC2CCC(=O)C(C(O)CCCCC3CNC4CC(=O)CCC4C3)C#CC(CC(O)C(O)CCC3CC(N)NCC3CC3=C[CH+]N=C3)C2CC1O. The molecular formula is C43H67N4O7+. The Balaban J connectivity index is 1.06. The number of unbranched alkanes of at least 4 members (excludes halogenated alkanes) is 1. The number of ether oxygens (including phenoxy) is 1. The number of hydrogen-bond acceptors (Lipinski definition) is 11. The van der Waals surface area contributed by atoms with E-state index in [0.717, 1.165) is 64.5 Å². The normalized spacial score (nSPS) is 38.7. The second kappa shape index (κ2) is 19.8. The third kappa shape index (κ3) is 11.0. The van der Waals surface area contributed by atoms with E-state index in [2.05, 4.69) is 27.5 Å². The Labute approximate surface area is 322 Å². The van der Waals surface area contributed by atoms with E-state index >= 15 is 0 Å². The average molecular weight is 752 g/mol. The molecule has 15 atom stereocenters. The van der Waals surface area contributed by atoms with Crippen molar-refractivity contribution in [2.45, 2.75) is 152 Å². The van der Waals surface area contributed by atoms with E-state index in [4.69, 9.17) is 10.5 Å². The molecule has 0 aromatic rings. The van der Waals surface area contributed by atoms with Crippen molar-refractivity contribution in [3.05, 3.63) is 18.2 Å². The number of nitrogens with zero attached hydrogens (tertiary/aromatic N) is 1. The van der Waals surface area contributed by atoms with Crippen molar-refractivity contribution in [3.8, 4) is 11.8 Å². The maximum absolute atomic E-state index is 13.6. The summed E-state index contributed by atoms with van der Waals surface area (Å²) < 4.78 is 5.63. The predicted octanol–water partition coefficient (Wildman–Crippen LogP) is 3.22. The molecule has 0 spiro atoms. The number of nitrogens with two attached hydrogens (primary N) is 1. The maximum Gasteiger partial charge on any atom is 0.176 e. The molecule has 6 aliphatic rings. The zero-order valence-electron chi connectivity index (χ0n) is 32.4. The Morgan fingerprint density at radius 3 is 2.59 bits per heavy atom. The zero-order chi connectivity index (χ0) is 38.2. The minimum absolute atomic E-state index is 0.0447. The second-order valence-electron chi connectivity index (χ2n) is 17.7. The highest BCUT2D eigenvalue weighted by atomic mass is 16.5. The fraction of sp³-hybridized carbons (Fsp3) is 0.814. The Hall–Kier alpha value is -2.14. The quantitative estimate of drug-likeness (QED) is 0.0745. The van der Waals surface area contributed by atoms with E-state index < -0.39 is 30.3 Å². The lowest BCUT2D eigenvalue weighted by molar-refractivity contribution is -0.125. The van der Waals surface area contributed by atoms with Crippen LogP contribution in [0.25, 0.3) is 0 Å². The topological polar surface area (TPSA) is 187 Å². The summed E-state index contributed by atoms with van der Waals surface area (Å²) in [7, 11) is 1.61. The summed E-state index contributed by atoms with van der Waals surface area (Å²) in [5.41, 5.74) is 7.47. The molecule has 11 nitrogen and oxygen atoms in total. The van der Waals surface area contributed by atoms with E-state index in [0.29, 0.717) is 86.9 Å². The number of Topliss-reactive ketones (excluding diaryl/α,β-unsaturated/α-hetero) is 2. The summed E-state index contributed by atoms with van der Waals surface area (Å²) >= 11 is 0. The first-order valence-corrected chi connectivity index (χ1v) is 21.2. The van der Waals surface area contributed by atoms with Gasteiger partial charge in [-0.05, 0) is 113 Å². The van der Waals surface area contributed by atoms with Crippen LogP contribution in [0.2, 0.25) is 0 Å². The van der Waals surface area contributed by atoms with Crippen LogP contribution in [0.3, 0.4) is 0 Å². The molecule has 2 saturated carbocycles. The van der Waals surface area contributed by atoms with Gasteiger partial charge in [-0.15, -0.1) is 4.99 Å². The minimum Gasteiger partial charge on any atom is -0.391 e. The van der Waals surface area contributed by atoms with Gasteiger partial charge in [-0.1, -0.05) is 24.7 Å². The second-order valence-corrected chi connectivity index (χ2v) is 17.7. The molecule has 0 aromatic heterocycles. The summed E-state index contributed by atoms with van der Waals surface area (Å²) in [6.07, 6.45) is 11.9. The van der Waals surface area contributed by atoms with Gasteiger partial charge in [0.2, 0.25) is 0 Å². The third-order valence-corrected chi connectivity index (χ3v) is 14.0. The number of rotatable bonds is 15. The molecule has 54 heavy (non-hydrogen) atoms. The third-order valence-electron chi connectivity index (χ3n) is 14.0. The van der Waals surface area contributed by atoms with E-state index in [1.54, 1.807) is 7.11 Å². The van der Waals surface area contributed by atoms with Gasteiger partial charge in [0.15, 0.2) is 6.21 Å². The molecule has 8 N–H and O–H groups in total. The molecule has 15 unspecified atom stereocenters. The molecule has 11 heteroatoms. The van der Waals surface area contributed by atoms with Crippen LogP contribution in [0.1, 0.15) is 109 Å². The van der Waals surface area contributed by atoms with Gasteiger partial charge in [0.25, 0.3) is 0 Å². The van der Waals surface area contributed by atoms with Gasteiger partial charge in [0.1, 0.15) is 29.6 Å². The lowest BCUT2D eigenvalue weighted by atomic mass is 9.67. The molecule has 0 radical (unpaired) electrons. The number of carbonyl (C=O) groups is 2. The molecular weight excluding hydrogens is 684 g/mol. The van der Waals surface area contributed by atoms with Crippen LogP contribution in [0.5, 0.6) is 0 Å². The van der Waals surface area contributed by atoms with Gasteiger partial charge in [-0.2, -0.15) is 0 Å². The monoisotopic (exact) mass is 752 g/mol. The van der Waals surface area contributed by atoms with Crippen molar-refractivity contribution >= 4 is 17.8 Å². The number of piperidine rings is 2. The number of aliphatic imine (C=N–C) groups is 1. The van der Waals surface area contributed by atoms with E-state index in [1.807, 2.05) is 18.8 Å². The van der Waals surface area contributed by atoms with Crippen LogP contribution < -0.4 is 16.4 Å². The number of aliphatic hydroxyl groups is 4. The lowest BCUT2D eigenvalue weighted by Crippen LogP contribution is -2.49. The van der Waals surface area contributed by atoms with Gasteiger partial charge in [0.05, 0.1) is 42.8 Å². The fourth-order valence-corrected chi connectivity index (χ4v) is 10.7. The Bertz CT molecular complexity index is 1380. The standard InChI is InChI=1S/C43H67N4O7/c1-54-42-19-30-9-12-38(50)34(37(49)5-3-2-4-26-16-31-6-10-33(48)21-36(31)46-24-26)11-7-29(35(30)22-41(42)53)18-40(52)39(51)13-8-28-20-43(44)47-25-32(28)17-27-14-15-45-23-27/h14-15,23,26,28-32,34-37,39-43,46-47,49,51-53H,2-6,8-10,12-13,16-22,24-25,44H2,1H3/q+1. The molecule has 3 heterocycles. The van der Waals surface area contributed by atoms with Crippen LogP contribution in [0, 0.1) is 65.7 Å².